The largest absolute Gasteiger partial charge is 0.347 e. The van der Waals surface area contributed by atoms with Crippen molar-refractivity contribution >= 4 is 5.91 Å². The first kappa shape index (κ1) is 13.7. The molecule has 0 bridgehead atoms. The van der Waals surface area contributed by atoms with E-state index >= 15 is 0 Å². The third kappa shape index (κ3) is 3.86. The molecule has 3 heteroatoms. The van der Waals surface area contributed by atoms with Gasteiger partial charge in [-0.15, -0.1) is 0 Å². The summed E-state index contributed by atoms with van der Waals surface area (Å²) in [6.07, 6.45) is 0. The van der Waals surface area contributed by atoms with Crippen molar-refractivity contribution in [2.45, 2.75) is 26.3 Å². The lowest BCUT2D eigenvalue weighted by Gasteiger charge is -2.28. The molecule has 0 fully saturated rings. The van der Waals surface area contributed by atoms with Crippen molar-refractivity contribution in [3.63, 3.8) is 0 Å². The maximum atomic E-state index is 12.0. The van der Waals surface area contributed by atoms with Gasteiger partial charge in [-0.05, 0) is 26.5 Å². The van der Waals surface area contributed by atoms with E-state index in [1.54, 1.807) is 0 Å². The molecule has 1 aromatic carbocycles. The fourth-order valence-corrected chi connectivity index (χ4v) is 1.76. The molecule has 1 unspecified atom stereocenters. The van der Waals surface area contributed by atoms with E-state index in [9.17, 15) is 4.79 Å². The minimum Gasteiger partial charge on any atom is -0.347 e. The standard InChI is InChI=1S/C14H22N2O/c1-11(10-15-4)13(17)16-14(2,3)12-8-6-5-7-9-12/h5-9,11,15H,10H2,1-4H3,(H,16,17). The van der Waals surface area contributed by atoms with Gasteiger partial charge in [0.1, 0.15) is 0 Å². The van der Waals surface area contributed by atoms with Crippen LogP contribution in [0.15, 0.2) is 30.3 Å². The fourth-order valence-electron chi connectivity index (χ4n) is 1.76. The number of rotatable bonds is 5. The molecule has 0 aromatic heterocycles. The minimum absolute atomic E-state index is 0.0250. The Morgan fingerprint density at radius 3 is 2.41 bits per heavy atom. The summed E-state index contributed by atoms with van der Waals surface area (Å²) in [5.41, 5.74) is 0.783. The van der Waals surface area contributed by atoms with Gasteiger partial charge in [-0.25, -0.2) is 0 Å². The van der Waals surface area contributed by atoms with Gasteiger partial charge in [-0.3, -0.25) is 4.79 Å². The van der Waals surface area contributed by atoms with Crippen LogP contribution in [0.3, 0.4) is 0 Å². The second-order valence-electron chi connectivity index (χ2n) is 4.94. The molecule has 2 N–H and O–H groups in total. The Hall–Kier alpha value is -1.35. The molecule has 3 nitrogen and oxygen atoms in total. The van der Waals surface area contributed by atoms with Crippen LogP contribution in [0.5, 0.6) is 0 Å². The van der Waals surface area contributed by atoms with E-state index in [2.05, 4.69) is 10.6 Å². The third-order valence-corrected chi connectivity index (χ3v) is 2.89. The Morgan fingerprint density at radius 1 is 1.29 bits per heavy atom. The van der Waals surface area contributed by atoms with E-state index in [-0.39, 0.29) is 17.4 Å². The molecule has 17 heavy (non-hydrogen) atoms. The number of carbonyl (C=O) groups excluding carboxylic acids is 1. The lowest BCUT2D eigenvalue weighted by atomic mass is 9.93. The Balaban J connectivity index is 2.70. The monoisotopic (exact) mass is 234 g/mol. The SMILES string of the molecule is CNCC(C)C(=O)NC(C)(C)c1ccccc1. The summed E-state index contributed by atoms with van der Waals surface area (Å²) >= 11 is 0. The lowest BCUT2D eigenvalue weighted by Crippen LogP contribution is -2.45. The highest BCUT2D eigenvalue weighted by Gasteiger charge is 2.24. The zero-order chi connectivity index (χ0) is 12.9. The van der Waals surface area contributed by atoms with E-state index in [0.29, 0.717) is 6.54 Å². The predicted octanol–water partition coefficient (Wildman–Crippen LogP) is 1.89. The Morgan fingerprint density at radius 2 is 1.88 bits per heavy atom. The van der Waals surface area contributed by atoms with Crippen molar-refractivity contribution in [1.29, 1.82) is 0 Å². The number of amides is 1. The van der Waals surface area contributed by atoms with Crippen LogP contribution in [0.25, 0.3) is 0 Å². The number of hydrogen-bond donors (Lipinski definition) is 2. The van der Waals surface area contributed by atoms with Crippen LogP contribution in [0.1, 0.15) is 26.3 Å². The molecule has 0 spiro atoms. The first-order chi connectivity index (χ1) is 7.97. The topological polar surface area (TPSA) is 41.1 Å². The van der Waals surface area contributed by atoms with Gasteiger partial charge in [0, 0.05) is 12.5 Å². The molecule has 1 amide bonds. The molecule has 0 aliphatic rings. The summed E-state index contributed by atoms with van der Waals surface area (Å²) in [6.45, 7) is 6.66. The molecule has 0 radical (unpaired) electrons. The van der Waals surface area contributed by atoms with E-state index in [1.165, 1.54) is 0 Å². The maximum absolute atomic E-state index is 12.0. The average molecular weight is 234 g/mol. The van der Waals surface area contributed by atoms with Crippen LogP contribution in [0.4, 0.5) is 0 Å². The maximum Gasteiger partial charge on any atom is 0.224 e. The van der Waals surface area contributed by atoms with Gasteiger partial charge >= 0.3 is 0 Å². The van der Waals surface area contributed by atoms with Crippen LogP contribution < -0.4 is 10.6 Å². The highest BCUT2D eigenvalue weighted by atomic mass is 16.2. The van der Waals surface area contributed by atoms with Gasteiger partial charge in [0.05, 0.1) is 5.54 Å². The van der Waals surface area contributed by atoms with Crippen LogP contribution in [-0.2, 0) is 10.3 Å². The van der Waals surface area contributed by atoms with Crippen molar-refractivity contribution in [2.75, 3.05) is 13.6 Å². The Bertz CT molecular complexity index is 360. The van der Waals surface area contributed by atoms with Crippen LogP contribution in [-0.4, -0.2) is 19.5 Å². The second kappa shape index (κ2) is 5.82. The molecule has 0 aliphatic carbocycles. The molecule has 0 saturated carbocycles. The van der Waals surface area contributed by atoms with Crippen molar-refractivity contribution in [1.82, 2.24) is 10.6 Å². The molecule has 0 aliphatic heterocycles. The Kier molecular flexibility index (Phi) is 4.70. The number of hydrogen-bond acceptors (Lipinski definition) is 2. The number of benzene rings is 1. The van der Waals surface area contributed by atoms with Crippen molar-refractivity contribution in [3.8, 4) is 0 Å². The summed E-state index contributed by atoms with van der Waals surface area (Å²) in [6, 6.07) is 10.0. The smallest absolute Gasteiger partial charge is 0.224 e. The number of carbonyl (C=O) groups is 1. The van der Waals surface area contributed by atoms with Crippen LogP contribution in [0, 0.1) is 5.92 Å². The van der Waals surface area contributed by atoms with Gasteiger partial charge in [-0.2, -0.15) is 0 Å². The van der Waals surface area contributed by atoms with Crippen molar-refractivity contribution in [2.24, 2.45) is 5.92 Å². The molecular formula is C14H22N2O. The number of nitrogens with one attached hydrogen (secondary N) is 2. The minimum atomic E-state index is -0.333. The highest BCUT2D eigenvalue weighted by Crippen LogP contribution is 2.19. The first-order valence-electron chi connectivity index (χ1n) is 5.99. The molecule has 1 atom stereocenters. The van der Waals surface area contributed by atoms with Gasteiger partial charge in [0.15, 0.2) is 0 Å². The lowest BCUT2D eigenvalue weighted by molar-refractivity contribution is -0.126. The second-order valence-corrected chi connectivity index (χ2v) is 4.94. The van der Waals surface area contributed by atoms with Gasteiger partial charge in [0.25, 0.3) is 0 Å². The highest BCUT2D eigenvalue weighted by molar-refractivity contribution is 5.79. The molecule has 1 aromatic rings. The molecule has 1 rings (SSSR count). The first-order valence-corrected chi connectivity index (χ1v) is 5.99. The van der Waals surface area contributed by atoms with Gasteiger partial charge in [-0.1, -0.05) is 37.3 Å². The summed E-state index contributed by atoms with van der Waals surface area (Å²) < 4.78 is 0. The third-order valence-electron chi connectivity index (χ3n) is 2.89. The summed E-state index contributed by atoms with van der Waals surface area (Å²) in [5, 5.41) is 6.09. The van der Waals surface area contributed by atoms with Gasteiger partial charge in [0.2, 0.25) is 5.91 Å². The molecule has 0 saturated heterocycles. The Labute approximate surface area is 104 Å². The zero-order valence-electron chi connectivity index (χ0n) is 11.1. The van der Waals surface area contributed by atoms with Crippen LogP contribution >= 0.6 is 0 Å². The normalized spacial score (nSPS) is 13.2. The zero-order valence-corrected chi connectivity index (χ0v) is 11.1. The van der Waals surface area contributed by atoms with Crippen LogP contribution in [0.2, 0.25) is 0 Å². The fraction of sp³-hybridized carbons (Fsp3) is 0.500. The summed E-state index contributed by atoms with van der Waals surface area (Å²) in [7, 11) is 1.85. The molecular weight excluding hydrogens is 212 g/mol. The van der Waals surface area contributed by atoms with Gasteiger partial charge < -0.3 is 10.6 Å². The quantitative estimate of drug-likeness (QED) is 0.817. The van der Waals surface area contributed by atoms with Crippen molar-refractivity contribution < 1.29 is 4.79 Å². The summed E-state index contributed by atoms with van der Waals surface area (Å²) in [5.74, 6) is 0.0520. The predicted molar refractivity (Wildman–Crippen MR) is 70.7 cm³/mol. The van der Waals surface area contributed by atoms with E-state index in [0.717, 1.165) is 5.56 Å². The van der Waals surface area contributed by atoms with Crippen molar-refractivity contribution in [3.05, 3.63) is 35.9 Å². The average Bonchev–Trinajstić information content (AvgIpc) is 2.30. The summed E-state index contributed by atoms with van der Waals surface area (Å²) in [4.78, 5) is 12.0. The molecule has 0 heterocycles. The van der Waals surface area contributed by atoms with E-state index < -0.39 is 0 Å². The van der Waals surface area contributed by atoms with E-state index in [4.69, 9.17) is 0 Å². The van der Waals surface area contributed by atoms with E-state index in [1.807, 2.05) is 58.2 Å². The molecule has 94 valence electrons.